The third kappa shape index (κ3) is 4.44. The van der Waals surface area contributed by atoms with Crippen LogP contribution in [0.3, 0.4) is 0 Å². The molecule has 6 atom stereocenters. The standard InChI is InChI=1S/C29H32N4O6/c1-4-14(2)22(27(36)32-23(15(3)34)29(38)39)31-26(35)21-13-19-16-9-7-8-12-20(16)30-24(19)25-17-10-5-6-11-18(17)28(37)33(21)25/h5-12,14-15,21-23,25,30,34H,4,13H2,1-3H3,(H,31,35)(H,32,36)(H,38,39)/t14-,15-,21-,22-,23-,25-/m0/s1. The van der Waals surface area contributed by atoms with Crippen molar-refractivity contribution in [1.82, 2.24) is 20.5 Å². The minimum atomic E-state index is -1.52. The topological polar surface area (TPSA) is 152 Å². The second-order valence-corrected chi connectivity index (χ2v) is 10.4. The minimum absolute atomic E-state index is 0.252. The third-order valence-electron chi connectivity index (χ3n) is 7.99. The number of aromatic amines is 1. The fourth-order valence-electron chi connectivity index (χ4n) is 5.72. The fraction of sp³-hybridized carbons (Fsp3) is 0.379. The van der Waals surface area contributed by atoms with Crippen LogP contribution in [0.1, 0.15) is 60.4 Å². The van der Waals surface area contributed by atoms with E-state index in [1.165, 1.54) is 6.92 Å². The first-order valence-corrected chi connectivity index (χ1v) is 13.2. The van der Waals surface area contributed by atoms with Crippen molar-refractivity contribution in [3.05, 3.63) is 70.9 Å². The molecule has 204 valence electrons. The number of H-pyrrole nitrogens is 1. The first-order valence-electron chi connectivity index (χ1n) is 13.2. The van der Waals surface area contributed by atoms with Crippen LogP contribution in [0, 0.1) is 5.92 Å². The molecule has 0 unspecified atom stereocenters. The lowest BCUT2D eigenvalue weighted by Crippen LogP contribution is -2.60. The van der Waals surface area contributed by atoms with Gasteiger partial charge in [0, 0.05) is 28.6 Å². The second kappa shape index (κ2) is 10.2. The van der Waals surface area contributed by atoms with Crippen molar-refractivity contribution in [1.29, 1.82) is 0 Å². The molecule has 3 aromatic rings. The van der Waals surface area contributed by atoms with E-state index in [0.29, 0.717) is 12.0 Å². The number of carbonyl (C=O) groups excluding carboxylic acids is 3. The Balaban J connectivity index is 1.51. The fourth-order valence-corrected chi connectivity index (χ4v) is 5.72. The Labute approximate surface area is 225 Å². The van der Waals surface area contributed by atoms with E-state index in [1.54, 1.807) is 24.0 Å². The highest BCUT2D eigenvalue weighted by Gasteiger charge is 2.49. The van der Waals surface area contributed by atoms with Crippen LogP contribution in [0.25, 0.3) is 10.9 Å². The molecule has 3 amide bonds. The molecule has 0 radical (unpaired) electrons. The Bertz CT molecular complexity index is 1460. The summed E-state index contributed by atoms with van der Waals surface area (Å²) in [7, 11) is 0. The van der Waals surface area contributed by atoms with Crippen LogP contribution >= 0.6 is 0 Å². The molecule has 10 heteroatoms. The molecule has 5 rings (SSSR count). The number of carbonyl (C=O) groups is 4. The van der Waals surface area contributed by atoms with Gasteiger partial charge < -0.3 is 30.7 Å². The van der Waals surface area contributed by atoms with Crippen molar-refractivity contribution in [2.24, 2.45) is 5.92 Å². The molecule has 1 aromatic heterocycles. The molecule has 0 spiro atoms. The number of nitrogens with one attached hydrogen (secondary N) is 3. The molecule has 2 aromatic carbocycles. The summed E-state index contributed by atoms with van der Waals surface area (Å²) in [5.41, 5.74) is 4.07. The van der Waals surface area contributed by atoms with E-state index in [9.17, 15) is 29.4 Å². The van der Waals surface area contributed by atoms with Crippen LogP contribution in [0.15, 0.2) is 48.5 Å². The number of hydrogen-bond donors (Lipinski definition) is 5. The molecule has 2 aliphatic rings. The number of aliphatic hydroxyl groups excluding tert-OH is 1. The van der Waals surface area contributed by atoms with E-state index in [0.717, 1.165) is 27.7 Å². The van der Waals surface area contributed by atoms with E-state index in [1.807, 2.05) is 43.3 Å². The van der Waals surface area contributed by atoms with Gasteiger partial charge >= 0.3 is 5.97 Å². The molecule has 0 bridgehead atoms. The minimum Gasteiger partial charge on any atom is -0.480 e. The van der Waals surface area contributed by atoms with Crippen LogP contribution in [0.4, 0.5) is 0 Å². The van der Waals surface area contributed by atoms with Gasteiger partial charge in [0.15, 0.2) is 6.04 Å². The van der Waals surface area contributed by atoms with Crippen molar-refractivity contribution in [3.63, 3.8) is 0 Å². The average Bonchev–Trinajstić information content (AvgIpc) is 3.44. The number of rotatable bonds is 8. The summed E-state index contributed by atoms with van der Waals surface area (Å²) in [6, 6.07) is 11.1. The number of aliphatic carboxylic acids is 1. The molecule has 0 saturated carbocycles. The van der Waals surface area contributed by atoms with E-state index in [-0.39, 0.29) is 18.2 Å². The van der Waals surface area contributed by atoms with E-state index >= 15 is 0 Å². The summed E-state index contributed by atoms with van der Waals surface area (Å²) in [5.74, 6) is -3.19. The maximum Gasteiger partial charge on any atom is 0.328 e. The van der Waals surface area contributed by atoms with Gasteiger partial charge in [0.05, 0.1) is 12.1 Å². The number of carboxylic acids is 1. The Kier molecular flexibility index (Phi) is 6.90. The zero-order chi connectivity index (χ0) is 28.0. The molecule has 0 fully saturated rings. The zero-order valence-electron chi connectivity index (χ0n) is 22.0. The predicted octanol–water partition coefficient (Wildman–Crippen LogP) is 2.12. The molecule has 10 nitrogen and oxygen atoms in total. The van der Waals surface area contributed by atoms with Crippen molar-refractivity contribution in [2.75, 3.05) is 0 Å². The average molecular weight is 533 g/mol. The molecule has 0 aliphatic carbocycles. The first kappa shape index (κ1) is 26.4. The number of aromatic nitrogens is 1. The van der Waals surface area contributed by atoms with Gasteiger partial charge in [-0.2, -0.15) is 0 Å². The van der Waals surface area contributed by atoms with Crippen LogP contribution in [-0.2, 0) is 20.8 Å². The Morgan fingerprint density at radius 2 is 1.74 bits per heavy atom. The van der Waals surface area contributed by atoms with Crippen LogP contribution < -0.4 is 10.6 Å². The van der Waals surface area contributed by atoms with Crippen LogP contribution in [0.2, 0.25) is 0 Å². The lowest BCUT2D eigenvalue weighted by Gasteiger charge is -2.38. The molecule has 0 saturated heterocycles. The van der Waals surface area contributed by atoms with Gasteiger partial charge in [-0.3, -0.25) is 14.4 Å². The molecule has 2 aliphatic heterocycles. The van der Waals surface area contributed by atoms with Gasteiger partial charge in [-0.25, -0.2) is 4.79 Å². The van der Waals surface area contributed by atoms with E-state index < -0.39 is 48.1 Å². The van der Waals surface area contributed by atoms with Gasteiger partial charge in [-0.05, 0) is 36.1 Å². The summed E-state index contributed by atoms with van der Waals surface area (Å²) < 4.78 is 0. The normalized spacial score (nSPS) is 20.8. The maximum absolute atomic E-state index is 13.9. The predicted molar refractivity (Wildman–Crippen MR) is 143 cm³/mol. The maximum atomic E-state index is 13.9. The summed E-state index contributed by atoms with van der Waals surface area (Å²) in [5, 5.41) is 25.4. The molecule has 5 N–H and O–H groups in total. The van der Waals surface area contributed by atoms with Gasteiger partial charge in [0.25, 0.3) is 5.91 Å². The summed E-state index contributed by atoms with van der Waals surface area (Å²) >= 11 is 0. The summed E-state index contributed by atoms with van der Waals surface area (Å²) in [6.45, 7) is 4.91. The third-order valence-corrected chi connectivity index (χ3v) is 7.99. The quantitative estimate of drug-likeness (QED) is 0.300. The van der Waals surface area contributed by atoms with E-state index in [4.69, 9.17) is 0 Å². The number of hydrogen-bond acceptors (Lipinski definition) is 5. The lowest BCUT2D eigenvalue weighted by molar-refractivity contribution is -0.145. The van der Waals surface area contributed by atoms with Gasteiger partial charge in [0.1, 0.15) is 12.1 Å². The number of benzene rings is 2. The summed E-state index contributed by atoms with van der Waals surface area (Å²) in [6.07, 6.45) is -0.555. The van der Waals surface area contributed by atoms with Crippen molar-refractivity contribution < 1.29 is 29.4 Å². The van der Waals surface area contributed by atoms with Crippen LogP contribution in [-0.4, -0.2) is 68.0 Å². The lowest BCUT2D eigenvalue weighted by atomic mass is 9.89. The summed E-state index contributed by atoms with van der Waals surface area (Å²) in [4.78, 5) is 57.4. The first-order chi connectivity index (χ1) is 18.6. The number of fused-ring (bicyclic) bond motifs is 7. The largest absolute Gasteiger partial charge is 0.480 e. The Morgan fingerprint density at radius 1 is 1.05 bits per heavy atom. The smallest absolute Gasteiger partial charge is 0.328 e. The molecular weight excluding hydrogens is 500 g/mol. The number of carboxylic acid groups (broad SMARTS) is 1. The number of amides is 3. The molecule has 3 heterocycles. The molecule has 39 heavy (non-hydrogen) atoms. The highest BCUT2D eigenvalue weighted by Crippen LogP contribution is 2.46. The number of aliphatic hydroxyl groups is 1. The Hall–Kier alpha value is -4.18. The van der Waals surface area contributed by atoms with Crippen molar-refractivity contribution in [3.8, 4) is 0 Å². The Morgan fingerprint density at radius 3 is 2.44 bits per heavy atom. The van der Waals surface area contributed by atoms with Crippen molar-refractivity contribution >= 4 is 34.6 Å². The highest BCUT2D eigenvalue weighted by atomic mass is 16.4. The number of nitrogens with zero attached hydrogens (tertiary/aromatic N) is 1. The van der Waals surface area contributed by atoms with Gasteiger partial charge in [0.2, 0.25) is 11.8 Å². The second-order valence-electron chi connectivity index (χ2n) is 10.4. The monoisotopic (exact) mass is 532 g/mol. The van der Waals surface area contributed by atoms with E-state index in [2.05, 4.69) is 15.6 Å². The molecular formula is C29H32N4O6. The van der Waals surface area contributed by atoms with Crippen molar-refractivity contribution in [2.45, 2.75) is 63.9 Å². The zero-order valence-corrected chi connectivity index (χ0v) is 22.0. The van der Waals surface area contributed by atoms with Gasteiger partial charge in [-0.15, -0.1) is 0 Å². The van der Waals surface area contributed by atoms with Gasteiger partial charge in [-0.1, -0.05) is 56.7 Å². The number of para-hydroxylation sites is 1. The highest BCUT2D eigenvalue weighted by molar-refractivity contribution is 6.04. The van der Waals surface area contributed by atoms with Crippen LogP contribution in [0.5, 0.6) is 0 Å². The SMILES string of the molecule is CC[C@H](C)[C@H](NC(=O)[C@@H]1Cc2c([nH]c3ccccc23)[C@@H]2c3ccccc3C(=O)N21)C(=O)N[C@H](C(=O)O)[C@H](C)O.